The van der Waals surface area contributed by atoms with Crippen molar-refractivity contribution in [2.75, 3.05) is 13.6 Å². The van der Waals surface area contributed by atoms with Gasteiger partial charge in [0, 0.05) is 19.6 Å². The van der Waals surface area contributed by atoms with Crippen molar-refractivity contribution in [3.8, 4) is 0 Å². The lowest BCUT2D eigenvalue weighted by Crippen LogP contribution is -2.41. The Kier molecular flexibility index (Phi) is 5.26. The van der Waals surface area contributed by atoms with Crippen LogP contribution in [-0.2, 0) is 4.79 Å². The van der Waals surface area contributed by atoms with E-state index < -0.39 is 0 Å². The first kappa shape index (κ1) is 13.5. The summed E-state index contributed by atoms with van der Waals surface area (Å²) in [5.41, 5.74) is 0. The first-order chi connectivity index (χ1) is 7.50. The molecule has 1 heterocycles. The van der Waals surface area contributed by atoms with Gasteiger partial charge >= 0.3 is 0 Å². The molecule has 1 aliphatic rings. The third-order valence-electron chi connectivity index (χ3n) is 3.33. The van der Waals surface area contributed by atoms with Crippen molar-refractivity contribution < 1.29 is 4.79 Å². The number of rotatable bonds is 6. The molecule has 3 heteroatoms. The van der Waals surface area contributed by atoms with Gasteiger partial charge in [-0.15, -0.1) is 0 Å². The minimum absolute atomic E-state index is 0.0686. The summed E-state index contributed by atoms with van der Waals surface area (Å²) in [6.07, 6.45) is 4.67. The van der Waals surface area contributed by atoms with Crippen LogP contribution in [0, 0.1) is 5.92 Å². The number of likely N-dealkylation sites (N-methyl/N-ethyl adjacent to an activating group) is 1. The third-order valence-corrected chi connectivity index (χ3v) is 3.33. The second kappa shape index (κ2) is 6.24. The molecule has 0 aliphatic carbocycles. The SMILES string of the molecule is CC(C)CCCC(C)NC1CCN(C)C1=O. The molecule has 16 heavy (non-hydrogen) atoms. The Hall–Kier alpha value is -0.570. The second-order valence-electron chi connectivity index (χ2n) is 5.49. The fraction of sp³-hybridized carbons (Fsp3) is 0.923. The summed E-state index contributed by atoms with van der Waals surface area (Å²) < 4.78 is 0. The molecule has 0 radical (unpaired) electrons. The van der Waals surface area contributed by atoms with Crippen LogP contribution in [0.4, 0.5) is 0 Å². The van der Waals surface area contributed by atoms with Gasteiger partial charge in [-0.2, -0.15) is 0 Å². The van der Waals surface area contributed by atoms with Crippen molar-refractivity contribution in [1.82, 2.24) is 10.2 Å². The van der Waals surface area contributed by atoms with Crippen molar-refractivity contribution in [2.24, 2.45) is 5.92 Å². The number of hydrogen-bond donors (Lipinski definition) is 1. The molecule has 0 saturated carbocycles. The van der Waals surface area contributed by atoms with E-state index in [9.17, 15) is 4.79 Å². The van der Waals surface area contributed by atoms with Gasteiger partial charge in [-0.25, -0.2) is 0 Å². The molecule has 0 aromatic rings. The molecule has 1 amide bonds. The molecule has 1 rings (SSSR count). The van der Waals surface area contributed by atoms with E-state index >= 15 is 0 Å². The first-order valence-corrected chi connectivity index (χ1v) is 6.51. The van der Waals surface area contributed by atoms with Gasteiger partial charge in [0.25, 0.3) is 0 Å². The van der Waals surface area contributed by atoms with E-state index in [2.05, 4.69) is 26.1 Å². The Morgan fingerprint density at radius 2 is 2.06 bits per heavy atom. The predicted octanol–water partition coefficient (Wildman–Crippen LogP) is 2.02. The van der Waals surface area contributed by atoms with Gasteiger partial charge in [-0.3, -0.25) is 4.79 Å². The van der Waals surface area contributed by atoms with E-state index in [0.717, 1.165) is 18.9 Å². The normalized spacial score (nSPS) is 23.2. The number of amides is 1. The molecule has 0 aromatic carbocycles. The van der Waals surface area contributed by atoms with Crippen LogP contribution in [-0.4, -0.2) is 36.5 Å². The fourth-order valence-electron chi connectivity index (χ4n) is 2.24. The highest BCUT2D eigenvalue weighted by Gasteiger charge is 2.29. The summed E-state index contributed by atoms with van der Waals surface area (Å²) in [6, 6.07) is 0.526. The molecular formula is C13H26N2O. The van der Waals surface area contributed by atoms with E-state index in [4.69, 9.17) is 0 Å². The van der Waals surface area contributed by atoms with Gasteiger partial charge in [-0.05, 0) is 25.7 Å². The van der Waals surface area contributed by atoms with E-state index in [-0.39, 0.29) is 11.9 Å². The lowest BCUT2D eigenvalue weighted by atomic mass is 10.0. The number of nitrogens with zero attached hydrogens (tertiary/aromatic N) is 1. The molecule has 1 aliphatic heterocycles. The van der Waals surface area contributed by atoms with Gasteiger partial charge in [0.1, 0.15) is 0 Å². The largest absolute Gasteiger partial charge is 0.344 e. The molecule has 0 aromatic heterocycles. The fourth-order valence-corrected chi connectivity index (χ4v) is 2.24. The van der Waals surface area contributed by atoms with Crippen molar-refractivity contribution in [2.45, 2.75) is 58.5 Å². The monoisotopic (exact) mass is 226 g/mol. The highest BCUT2D eigenvalue weighted by molar-refractivity contribution is 5.83. The standard InChI is InChI=1S/C13H26N2O/c1-10(2)6-5-7-11(3)14-12-8-9-15(4)13(12)16/h10-12,14H,5-9H2,1-4H3. The molecule has 1 N–H and O–H groups in total. The van der Waals surface area contributed by atoms with Crippen molar-refractivity contribution in [3.05, 3.63) is 0 Å². The summed E-state index contributed by atoms with van der Waals surface area (Å²) >= 11 is 0. The number of carbonyl (C=O) groups is 1. The van der Waals surface area contributed by atoms with Gasteiger partial charge in [0.15, 0.2) is 0 Å². The molecule has 1 saturated heterocycles. The first-order valence-electron chi connectivity index (χ1n) is 6.51. The summed E-state index contributed by atoms with van der Waals surface area (Å²) in [5, 5.41) is 3.44. The van der Waals surface area contributed by atoms with E-state index in [1.807, 2.05) is 11.9 Å². The Morgan fingerprint density at radius 3 is 2.56 bits per heavy atom. The van der Waals surface area contributed by atoms with E-state index in [1.165, 1.54) is 19.3 Å². The lowest BCUT2D eigenvalue weighted by Gasteiger charge is -2.18. The number of carbonyl (C=O) groups excluding carboxylic acids is 1. The molecule has 2 atom stereocenters. The van der Waals surface area contributed by atoms with E-state index in [0.29, 0.717) is 6.04 Å². The van der Waals surface area contributed by atoms with Crippen LogP contribution in [0.15, 0.2) is 0 Å². The lowest BCUT2D eigenvalue weighted by molar-refractivity contribution is -0.128. The van der Waals surface area contributed by atoms with Crippen LogP contribution in [0.1, 0.15) is 46.5 Å². The zero-order valence-corrected chi connectivity index (χ0v) is 11.1. The highest BCUT2D eigenvalue weighted by Crippen LogP contribution is 2.12. The molecular weight excluding hydrogens is 200 g/mol. The van der Waals surface area contributed by atoms with E-state index in [1.54, 1.807) is 0 Å². The Bertz CT molecular complexity index is 228. The third kappa shape index (κ3) is 4.12. The maximum atomic E-state index is 11.7. The minimum atomic E-state index is 0.0686. The Morgan fingerprint density at radius 1 is 1.38 bits per heavy atom. The highest BCUT2D eigenvalue weighted by atomic mass is 16.2. The molecule has 0 spiro atoms. The van der Waals surface area contributed by atoms with Crippen LogP contribution in [0.3, 0.4) is 0 Å². The molecule has 1 fully saturated rings. The summed E-state index contributed by atoms with van der Waals surface area (Å²) in [6.45, 7) is 7.60. The second-order valence-corrected chi connectivity index (χ2v) is 5.49. The number of nitrogens with one attached hydrogen (secondary N) is 1. The summed E-state index contributed by atoms with van der Waals surface area (Å²) in [7, 11) is 1.88. The van der Waals surface area contributed by atoms with Gasteiger partial charge in [-0.1, -0.05) is 26.7 Å². The maximum Gasteiger partial charge on any atom is 0.239 e. The quantitative estimate of drug-likeness (QED) is 0.751. The van der Waals surface area contributed by atoms with Crippen LogP contribution in [0.5, 0.6) is 0 Å². The maximum absolute atomic E-state index is 11.7. The molecule has 3 nitrogen and oxygen atoms in total. The number of likely N-dealkylation sites (tertiary alicyclic amines) is 1. The predicted molar refractivity (Wildman–Crippen MR) is 67.3 cm³/mol. The smallest absolute Gasteiger partial charge is 0.239 e. The average molecular weight is 226 g/mol. The zero-order valence-electron chi connectivity index (χ0n) is 11.1. The van der Waals surface area contributed by atoms with Crippen LogP contribution in [0.25, 0.3) is 0 Å². The summed E-state index contributed by atoms with van der Waals surface area (Å²) in [4.78, 5) is 13.5. The van der Waals surface area contributed by atoms with Crippen molar-refractivity contribution in [3.63, 3.8) is 0 Å². The Balaban J connectivity index is 2.19. The number of hydrogen-bond acceptors (Lipinski definition) is 2. The van der Waals surface area contributed by atoms with Crippen LogP contribution < -0.4 is 5.32 Å². The topological polar surface area (TPSA) is 32.3 Å². The van der Waals surface area contributed by atoms with Crippen molar-refractivity contribution >= 4 is 5.91 Å². The molecule has 2 unspecified atom stereocenters. The molecule has 94 valence electrons. The molecule has 0 bridgehead atoms. The van der Waals surface area contributed by atoms with Gasteiger partial charge < -0.3 is 10.2 Å². The van der Waals surface area contributed by atoms with Gasteiger partial charge in [0.2, 0.25) is 5.91 Å². The Labute approximate surface area is 99.6 Å². The van der Waals surface area contributed by atoms with Crippen LogP contribution in [0.2, 0.25) is 0 Å². The minimum Gasteiger partial charge on any atom is -0.344 e. The van der Waals surface area contributed by atoms with Gasteiger partial charge in [0.05, 0.1) is 6.04 Å². The summed E-state index contributed by atoms with van der Waals surface area (Å²) in [5.74, 6) is 1.04. The van der Waals surface area contributed by atoms with Crippen LogP contribution >= 0.6 is 0 Å². The van der Waals surface area contributed by atoms with Crippen molar-refractivity contribution in [1.29, 1.82) is 0 Å². The zero-order chi connectivity index (χ0) is 12.1. The average Bonchev–Trinajstić information content (AvgIpc) is 2.49.